The van der Waals surface area contributed by atoms with Crippen molar-refractivity contribution in [2.45, 2.75) is 43.9 Å². The largest absolute Gasteiger partial charge is 0.314 e. The normalized spacial score (nSPS) is 34.2. The van der Waals surface area contributed by atoms with Crippen LogP contribution in [0.1, 0.15) is 32.6 Å². The molecule has 0 aliphatic carbocycles. The van der Waals surface area contributed by atoms with Crippen LogP contribution in [0.4, 0.5) is 0 Å². The molecule has 2 atom stereocenters. The fourth-order valence-corrected chi connectivity index (χ4v) is 3.68. The predicted octanol–water partition coefficient (Wildman–Crippen LogP) is 1.96. The molecule has 2 fully saturated rings. The summed E-state index contributed by atoms with van der Waals surface area (Å²) in [4.78, 5) is 2.65. The van der Waals surface area contributed by atoms with Gasteiger partial charge in [-0.05, 0) is 32.4 Å². The lowest BCUT2D eigenvalue weighted by atomic mass is 10.0. The van der Waals surface area contributed by atoms with Gasteiger partial charge >= 0.3 is 0 Å². The van der Waals surface area contributed by atoms with Crippen LogP contribution in [-0.2, 0) is 0 Å². The maximum atomic E-state index is 3.64. The fourth-order valence-electron chi connectivity index (χ4n) is 2.60. The second-order valence-corrected chi connectivity index (χ2v) is 6.46. The first-order chi connectivity index (χ1) is 7.34. The Morgan fingerprint density at radius 3 is 3.07 bits per heavy atom. The van der Waals surface area contributed by atoms with Gasteiger partial charge in [0.15, 0.2) is 0 Å². The Bertz CT molecular complexity index is 180. The van der Waals surface area contributed by atoms with Crippen LogP contribution in [0.3, 0.4) is 0 Å². The average molecular weight is 228 g/mol. The van der Waals surface area contributed by atoms with E-state index in [0.717, 1.165) is 11.3 Å². The summed E-state index contributed by atoms with van der Waals surface area (Å²) < 4.78 is 0. The molecule has 0 bridgehead atoms. The first-order valence-corrected chi connectivity index (χ1v) is 7.47. The van der Waals surface area contributed by atoms with Gasteiger partial charge in [0.25, 0.3) is 0 Å². The predicted molar refractivity (Wildman–Crippen MR) is 68.6 cm³/mol. The number of thioether (sulfide) groups is 1. The van der Waals surface area contributed by atoms with Gasteiger partial charge in [-0.1, -0.05) is 13.3 Å². The van der Waals surface area contributed by atoms with Crippen molar-refractivity contribution in [3.8, 4) is 0 Å². The van der Waals surface area contributed by atoms with Crippen LogP contribution in [-0.4, -0.2) is 48.1 Å². The Labute approximate surface area is 98.2 Å². The molecule has 88 valence electrons. The van der Waals surface area contributed by atoms with Crippen molar-refractivity contribution in [1.82, 2.24) is 10.2 Å². The summed E-state index contributed by atoms with van der Waals surface area (Å²) in [6.07, 6.45) is 5.58. The number of piperidine rings is 1. The van der Waals surface area contributed by atoms with Gasteiger partial charge in [-0.15, -0.1) is 0 Å². The van der Waals surface area contributed by atoms with E-state index in [1.54, 1.807) is 0 Å². The Kier molecular flexibility index (Phi) is 4.79. The molecule has 0 aromatic carbocycles. The molecule has 2 aliphatic rings. The number of hydrogen-bond donors (Lipinski definition) is 1. The molecular formula is C12H24N2S. The second kappa shape index (κ2) is 6.12. The lowest BCUT2D eigenvalue weighted by Gasteiger charge is -2.32. The highest BCUT2D eigenvalue weighted by molar-refractivity contribution is 7.99. The van der Waals surface area contributed by atoms with Crippen molar-refractivity contribution in [2.24, 2.45) is 0 Å². The molecule has 1 N–H and O–H groups in total. The highest BCUT2D eigenvalue weighted by Crippen LogP contribution is 2.18. The smallest absolute Gasteiger partial charge is 0.0147 e. The third kappa shape index (κ3) is 3.97. The third-order valence-electron chi connectivity index (χ3n) is 3.53. The summed E-state index contributed by atoms with van der Waals surface area (Å²) in [5.41, 5.74) is 0. The van der Waals surface area contributed by atoms with Gasteiger partial charge in [-0.3, -0.25) is 0 Å². The van der Waals surface area contributed by atoms with Crippen molar-refractivity contribution in [3.63, 3.8) is 0 Å². The summed E-state index contributed by atoms with van der Waals surface area (Å²) in [7, 11) is 0. The van der Waals surface area contributed by atoms with Crippen molar-refractivity contribution >= 4 is 11.8 Å². The maximum absolute atomic E-state index is 3.64. The summed E-state index contributed by atoms with van der Waals surface area (Å²) in [6.45, 7) is 7.52. The molecule has 2 heterocycles. The van der Waals surface area contributed by atoms with Crippen LogP contribution in [0.2, 0.25) is 0 Å². The van der Waals surface area contributed by atoms with Crippen molar-refractivity contribution < 1.29 is 0 Å². The van der Waals surface area contributed by atoms with Gasteiger partial charge < -0.3 is 10.2 Å². The third-order valence-corrected chi connectivity index (χ3v) is 4.67. The van der Waals surface area contributed by atoms with Gasteiger partial charge in [0.1, 0.15) is 0 Å². The zero-order valence-corrected chi connectivity index (χ0v) is 10.7. The zero-order valence-electron chi connectivity index (χ0n) is 9.87. The standard InChI is InChI=1S/C12H24N2S/c1-11-10-14(8-9-15-11)7-5-12-4-2-3-6-13-12/h11-13H,2-10H2,1H3. The van der Waals surface area contributed by atoms with Crippen LogP contribution in [0.25, 0.3) is 0 Å². The minimum absolute atomic E-state index is 0.809. The van der Waals surface area contributed by atoms with Crippen LogP contribution >= 0.6 is 11.8 Å². The topological polar surface area (TPSA) is 15.3 Å². The first-order valence-electron chi connectivity index (χ1n) is 6.42. The fraction of sp³-hybridized carbons (Fsp3) is 1.00. The molecule has 0 aromatic rings. The van der Waals surface area contributed by atoms with Crippen LogP contribution < -0.4 is 5.32 Å². The number of hydrogen-bond acceptors (Lipinski definition) is 3. The van der Waals surface area contributed by atoms with Gasteiger partial charge in [-0.2, -0.15) is 11.8 Å². The van der Waals surface area contributed by atoms with Gasteiger partial charge in [0, 0.05) is 30.1 Å². The number of nitrogens with one attached hydrogen (secondary N) is 1. The summed E-state index contributed by atoms with van der Waals surface area (Å²) in [6, 6.07) is 0.809. The molecule has 2 aliphatic heterocycles. The van der Waals surface area contributed by atoms with E-state index in [0.29, 0.717) is 0 Å². The van der Waals surface area contributed by atoms with Gasteiger partial charge in [0.2, 0.25) is 0 Å². The van der Waals surface area contributed by atoms with Crippen molar-refractivity contribution in [1.29, 1.82) is 0 Å². The van der Waals surface area contributed by atoms with E-state index in [1.807, 2.05) is 0 Å². The van der Waals surface area contributed by atoms with Crippen molar-refractivity contribution in [3.05, 3.63) is 0 Å². The number of rotatable bonds is 3. The Morgan fingerprint density at radius 2 is 2.33 bits per heavy atom. The molecule has 0 spiro atoms. The Hall–Kier alpha value is 0.270. The molecule has 0 radical (unpaired) electrons. The molecule has 0 aromatic heterocycles. The molecule has 15 heavy (non-hydrogen) atoms. The minimum Gasteiger partial charge on any atom is -0.314 e. The van der Waals surface area contributed by atoms with Crippen LogP contribution in [0.5, 0.6) is 0 Å². The van der Waals surface area contributed by atoms with E-state index in [9.17, 15) is 0 Å². The highest BCUT2D eigenvalue weighted by Gasteiger charge is 2.18. The van der Waals surface area contributed by atoms with E-state index in [-0.39, 0.29) is 0 Å². The number of nitrogens with zero attached hydrogens (tertiary/aromatic N) is 1. The van der Waals surface area contributed by atoms with Crippen LogP contribution in [0, 0.1) is 0 Å². The van der Waals surface area contributed by atoms with E-state index < -0.39 is 0 Å². The van der Waals surface area contributed by atoms with Gasteiger partial charge in [0.05, 0.1) is 0 Å². The molecule has 0 saturated carbocycles. The molecular weight excluding hydrogens is 204 g/mol. The second-order valence-electron chi connectivity index (χ2n) is 4.92. The lowest BCUT2D eigenvalue weighted by Crippen LogP contribution is -2.41. The summed E-state index contributed by atoms with van der Waals surface area (Å²) >= 11 is 2.13. The van der Waals surface area contributed by atoms with E-state index in [4.69, 9.17) is 0 Å². The lowest BCUT2D eigenvalue weighted by molar-refractivity contribution is 0.255. The molecule has 2 saturated heterocycles. The highest BCUT2D eigenvalue weighted by atomic mass is 32.2. The molecule has 3 heteroatoms. The monoisotopic (exact) mass is 228 g/mol. The summed E-state index contributed by atoms with van der Waals surface area (Å²) in [5, 5.41) is 4.48. The minimum atomic E-state index is 0.809. The molecule has 0 amide bonds. The van der Waals surface area contributed by atoms with Gasteiger partial charge in [-0.25, -0.2) is 0 Å². The maximum Gasteiger partial charge on any atom is 0.0147 e. The Balaban J connectivity index is 1.63. The molecule has 2 unspecified atom stereocenters. The SMILES string of the molecule is CC1CN(CCC2CCCCN2)CCS1. The average Bonchev–Trinajstić information content (AvgIpc) is 2.28. The molecule has 2 nitrogen and oxygen atoms in total. The molecule has 2 rings (SSSR count). The zero-order chi connectivity index (χ0) is 10.5. The first kappa shape index (κ1) is 11.7. The van der Waals surface area contributed by atoms with E-state index in [2.05, 4.69) is 28.9 Å². The quantitative estimate of drug-likeness (QED) is 0.795. The summed E-state index contributed by atoms with van der Waals surface area (Å²) in [5.74, 6) is 1.33. The van der Waals surface area contributed by atoms with E-state index >= 15 is 0 Å². The van der Waals surface area contributed by atoms with Crippen molar-refractivity contribution in [2.75, 3.05) is 31.9 Å². The van der Waals surface area contributed by atoms with E-state index in [1.165, 1.54) is 57.6 Å². The van der Waals surface area contributed by atoms with Crippen LogP contribution in [0.15, 0.2) is 0 Å². The Morgan fingerprint density at radius 1 is 1.40 bits per heavy atom.